The second-order valence-electron chi connectivity index (χ2n) is 2.31. The zero-order valence-electron chi connectivity index (χ0n) is 7.25. The van der Waals surface area contributed by atoms with Crippen LogP contribution in [-0.4, -0.2) is 21.9 Å². The molecule has 0 saturated carbocycles. The summed E-state index contributed by atoms with van der Waals surface area (Å²) in [5, 5.41) is 0. The molecule has 0 radical (unpaired) electrons. The van der Waals surface area contributed by atoms with E-state index in [1.807, 2.05) is 0 Å². The van der Waals surface area contributed by atoms with Gasteiger partial charge < -0.3 is 22.9 Å². The molecule has 8 N–H and O–H groups in total. The highest BCUT2D eigenvalue weighted by atomic mass is 15.1. The van der Waals surface area contributed by atoms with Crippen molar-refractivity contribution in [2.45, 2.75) is 0 Å². The number of guanidine groups is 2. The van der Waals surface area contributed by atoms with Gasteiger partial charge in [-0.15, -0.1) is 0 Å². The van der Waals surface area contributed by atoms with Crippen molar-refractivity contribution in [3.8, 4) is 0 Å². The normalized spacial score (nSPS) is 9.14. The summed E-state index contributed by atoms with van der Waals surface area (Å²) in [6.07, 6.45) is 1.25. The van der Waals surface area contributed by atoms with E-state index in [1.54, 1.807) is 0 Å². The third-order valence-electron chi connectivity index (χ3n) is 1.13. The molecular weight excluding hydrogens is 184 g/mol. The minimum absolute atomic E-state index is 0.0978. The van der Waals surface area contributed by atoms with E-state index in [2.05, 4.69) is 20.0 Å². The summed E-state index contributed by atoms with van der Waals surface area (Å²) in [7, 11) is 0. The van der Waals surface area contributed by atoms with Crippen LogP contribution in [0.4, 0.5) is 11.6 Å². The smallest absolute Gasteiger partial charge is 0.192 e. The summed E-state index contributed by atoms with van der Waals surface area (Å²) < 4.78 is 0. The highest BCUT2D eigenvalue weighted by Crippen LogP contribution is 2.13. The Morgan fingerprint density at radius 3 is 1.71 bits per heavy atom. The summed E-state index contributed by atoms with van der Waals surface area (Å²) in [5.74, 6) is 0.388. The van der Waals surface area contributed by atoms with Gasteiger partial charge in [-0.25, -0.2) is 9.97 Å². The molecular formula is C6H10N8. The summed E-state index contributed by atoms with van der Waals surface area (Å²) in [6, 6.07) is 1.44. The van der Waals surface area contributed by atoms with E-state index in [-0.39, 0.29) is 11.9 Å². The first-order valence-electron chi connectivity index (χ1n) is 3.59. The van der Waals surface area contributed by atoms with Crippen LogP contribution >= 0.6 is 0 Å². The molecule has 0 fully saturated rings. The van der Waals surface area contributed by atoms with Crippen molar-refractivity contribution in [2.75, 3.05) is 0 Å². The first kappa shape index (κ1) is 9.71. The second-order valence-corrected chi connectivity index (χ2v) is 2.31. The molecule has 14 heavy (non-hydrogen) atoms. The Balaban J connectivity index is 3.01. The van der Waals surface area contributed by atoms with Gasteiger partial charge in [0.2, 0.25) is 0 Å². The first-order chi connectivity index (χ1) is 6.58. The minimum atomic E-state index is -0.0978. The van der Waals surface area contributed by atoms with Crippen LogP contribution in [0.15, 0.2) is 22.4 Å². The Labute approximate surface area is 79.8 Å². The van der Waals surface area contributed by atoms with Gasteiger partial charge in [0.1, 0.15) is 6.33 Å². The molecule has 0 spiro atoms. The summed E-state index contributed by atoms with van der Waals surface area (Å²) >= 11 is 0. The lowest BCUT2D eigenvalue weighted by atomic mass is 10.5. The zero-order chi connectivity index (χ0) is 10.6. The predicted octanol–water partition coefficient (Wildman–Crippen LogP) is -1.71. The number of hydrogen-bond acceptors (Lipinski definition) is 4. The molecule has 1 heterocycles. The lowest BCUT2D eigenvalue weighted by Gasteiger charge is -1.95. The van der Waals surface area contributed by atoms with Crippen LogP contribution in [0.3, 0.4) is 0 Å². The lowest BCUT2D eigenvalue weighted by Crippen LogP contribution is -2.22. The lowest BCUT2D eigenvalue weighted by molar-refractivity contribution is 1.13. The molecule has 1 rings (SSSR count). The van der Waals surface area contributed by atoms with E-state index >= 15 is 0 Å². The van der Waals surface area contributed by atoms with Gasteiger partial charge in [0.25, 0.3) is 0 Å². The zero-order valence-corrected chi connectivity index (χ0v) is 7.25. The van der Waals surface area contributed by atoms with Crippen LogP contribution < -0.4 is 22.9 Å². The standard InChI is InChI=1S/C6H10N8/c7-5(8)13-3-1-4(12-2-11-3)14-6(9)10/h1-2H,(H8,7,8,9,10,11,12,13,14). The maximum Gasteiger partial charge on any atom is 0.192 e. The molecule has 8 nitrogen and oxygen atoms in total. The molecule has 0 aliphatic carbocycles. The molecule has 1 aromatic rings. The van der Waals surface area contributed by atoms with E-state index in [4.69, 9.17) is 22.9 Å². The van der Waals surface area contributed by atoms with Gasteiger partial charge in [-0.05, 0) is 0 Å². The third-order valence-corrected chi connectivity index (χ3v) is 1.13. The predicted molar refractivity (Wildman–Crippen MR) is 53.0 cm³/mol. The molecule has 0 bridgehead atoms. The largest absolute Gasteiger partial charge is 0.370 e. The van der Waals surface area contributed by atoms with E-state index < -0.39 is 0 Å². The van der Waals surface area contributed by atoms with Crippen LogP contribution in [0.25, 0.3) is 0 Å². The Hall–Kier alpha value is -2.38. The SMILES string of the molecule is NC(N)=Nc1cc(N=C(N)N)ncn1. The topological polar surface area (TPSA) is 155 Å². The van der Waals surface area contributed by atoms with Crippen LogP contribution in [-0.2, 0) is 0 Å². The highest BCUT2D eigenvalue weighted by molar-refractivity contribution is 5.80. The van der Waals surface area contributed by atoms with Crippen molar-refractivity contribution in [2.24, 2.45) is 32.9 Å². The molecule has 0 unspecified atom stereocenters. The van der Waals surface area contributed by atoms with Crippen molar-refractivity contribution in [1.82, 2.24) is 9.97 Å². The number of nitrogens with two attached hydrogens (primary N) is 4. The Morgan fingerprint density at radius 1 is 0.929 bits per heavy atom. The molecule has 0 aromatic carbocycles. The molecule has 1 aromatic heterocycles. The molecule has 0 amide bonds. The van der Waals surface area contributed by atoms with Gasteiger partial charge >= 0.3 is 0 Å². The van der Waals surface area contributed by atoms with Crippen LogP contribution in [0.1, 0.15) is 0 Å². The maximum atomic E-state index is 5.16. The van der Waals surface area contributed by atoms with E-state index in [9.17, 15) is 0 Å². The molecule has 0 atom stereocenters. The quantitative estimate of drug-likeness (QED) is 0.324. The maximum absolute atomic E-state index is 5.16. The van der Waals surface area contributed by atoms with Gasteiger partial charge in [0.05, 0.1) is 0 Å². The second kappa shape index (κ2) is 4.03. The van der Waals surface area contributed by atoms with Gasteiger partial charge in [0, 0.05) is 6.07 Å². The molecule has 74 valence electrons. The van der Waals surface area contributed by atoms with Crippen LogP contribution in [0.5, 0.6) is 0 Å². The summed E-state index contributed by atoms with van der Waals surface area (Å²) in [6.45, 7) is 0. The Morgan fingerprint density at radius 2 is 1.36 bits per heavy atom. The van der Waals surface area contributed by atoms with Crippen LogP contribution in [0.2, 0.25) is 0 Å². The molecule has 0 aliphatic rings. The van der Waals surface area contributed by atoms with Crippen molar-refractivity contribution in [3.63, 3.8) is 0 Å². The number of rotatable bonds is 2. The van der Waals surface area contributed by atoms with Gasteiger partial charge in [-0.3, -0.25) is 0 Å². The van der Waals surface area contributed by atoms with Gasteiger partial charge in [0.15, 0.2) is 23.6 Å². The van der Waals surface area contributed by atoms with Crippen molar-refractivity contribution in [3.05, 3.63) is 12.4 Å². The average Bonchev–Trinajstić information content (AvgIpc) is 2.01. The van der Waals surface area contributed by atoms with E-state index in [0.29, 0.717) is 11.6 Å². The highest BCUT2D eigenvalue weighted by Gasteiger charge is 1.96. The first-order valence-corrected chi connectivity index (χ1v) is 3.59. The van der Waals surface area contributed by atoms with Crippen LogP contribution in [0, 0.1) is 0 Å². The minimum Gasteiger partial charge on any atom is -0.370 e. The summed E-state index contributed by atoms with van der Waals surface area (Å²) in [4.78, 5) is 14.9. The monoisotopic (exact) mass is 194 g/mol. The van der Waals surface area contributed by atoms with E-state index in [0.717, 1.165) is 0 Å². The fraction of sp³-hybridized carbons (Fsp3) is 0. The molecule has 0 aliphatic heterocycles. The van der Waals surface area contributed by atoms with E-state index in [1.165, 1.54) is 12.4 Å². The van der Waals surface area contributed by atoms with Crippen molar-refractivity contribution < 1.29 is 0 Å². The molecule has 8 heteroatoms. The number of aliphatic imine (C=N–C) groups is 2. The fourth-order valence-corrected chi connectivity index (χ4v) is 0.724. The number of aromatic nitrogens is 2. The van der Waals surface area contributed by atoms with Gasteiger partial charge in [-0.2, -0.15) is 9.98 Å². The van der Waals surface area contributed by atoms with Crippen molar-refractivity contribution >= 4 is 23.6 Å². The van der Waals surface area contributed by atoms with Crippen molar-refractivity contribution in [1.29, 1.82) is 0 Å². The number of hydrogen-bond donors (Lipinski definition) is 4. The Bertz CT molecular complexity index is 340. The number of nitrogens with zero attached hydrogens (tertiary/aromatic N) is 4. The summed E-state index contributed by atoms with van der Waals surface area (Å²) in [5.41, 5.74) is 20.6. The van der Waals surface area contributed by atoms with Gasteiger partial charge in [-0.1, -0.05) is 0 Å². The molecule has 0 saturated heterocycles. The fourth-order valence-electron chi connectivity index (χ4n) is 0.724. The third kappa shape index (κ3) is 2.93. The Kier molecular flexibility index (Phi) is 2.79. The average molecular weight is 194 g/mol.